The average molecular weight is 321 g/mol. The van der Waals surface area contributed by atoms with Crippen LogP contribution in [0.5, 0.6) is 0 Å². The van der Waals surface area contributed by atoms with Crippen LogP contribution in [0.3, 0.4) is 0 Å². The Hall–Kier alpha value is -2.37. The van der Waals surface area contributed by atoms with Gasteiger partial charge in [0.05, 0.1) is 13.5 Å². The number of benzene rings is 1. The van der Waals surface area contributed by atoms with Gasteiger partial charge in [-0.15, -0.1) is 0 Å². The molecule has 0 aromatic heterocycles. The molecule has 6 nitrogen and oxygen atoms in total. The zero-order chi connectivity index (χ0) is 17.6. The van der Waals surface area contributed by atoms with Gasteiger partial charge in [-0.3, -0.25) is 14.9 Å². The molecule has 1 aromatic rings. The number of anilines is 1. The first kappa shape index (κ1) is 18.7. The van der Waals surface area contributed by atoms with Crippen molar-refractivity contribution in [2.45, 2.75) is 39.7 Å². The number of ketones is 1. The van der Waals surface area contributed by atoms with Crippen molar-refractivity contribution >= 4 is 23.5 Å². The molecule has 23 heavy (non-hydrogen) atoms. The summed E-state index contributed by atoms with van der Waals surface area (Å²) in [6.45, 7) is 7.00. The van der Waals surface area contributed by atoms with Crippen molar-refractivity contribution < 1.29 is 23.9 Å². The largest absolute Gasteiger partial charge is 0.469 e. The van der Waals surface area contributed by atoms with Crippen LogP contribution in [0.2, 0.25) is 0 Å². The minimum Gasteiger partial charge on any atom is -0.469 e. The van der Waals surface area contributed by atoms with Crippen molar-refractivity contribution in [1.29, 1.82) is 0 Å². The fourth-order valence-corrected chi connectivity index (χ4v) is 1.85. The number of rotatable bonds is 5. The number of carbonyl (C=O) groups is 3. The third kappa shape index (κ3) is 6.50. The summed E-state index contributed by atoms with van der Waals surface area (Å²) in [7, 11) is 1.29. The van der Waals surface area contributed by atoms with Crippen molar-refractivity contribution in [1.82, 2.24) is 0 Å². The molecule has 0 heterocycles. The molecule has 6 heteroatoms. The van der Waals surface area contributed by atoms with Gasteiger partial charge in [-0.1, -0.05) is 6.92 Å². The molecule has 1 atom stereocenters. The molecule has 0 aliphatic rings. The van der Waals surface area contributed by atoms with Crippen LogP contribution in [-0.2, 0) is 14.3 Å². The van der Waals surface area contributed by atoms with Crippen molar-refractivity contribution in [2.75, 3.05) is 12.4 Å². The van der Waals surface area contributed by atoms with Gasteiger partial charge in [-0.05, 0) is 45.0 Å². The van der Waals surface area contributed by atoms with Crippen molar-refractivity contribution in [2.24, 2.45) is 5.92 Å². The molecule has 0 fully saturated rings. The lowest BCUT2D eigenvalue weighted by Crippen LogP contribution is -2.27. The molecular formula is C17H23NO5. The molecule has 0 saturated heterocycles. The van der Waals surface area contributed by atoms with Gasteiger partial charge in [0.2, 0.25) is 0 Å². The lowest BCUT2D eigenvalue weighted by atomic mass is 9.96. The van der Waals surface area contributed by atoms with E-state index in [0.29, 0.717) is 11.3 Å². The fourth-order valence-electron chi connectivity index (χ4n) is 1.85. The van der Waals surface area contributed by atoms with E-state index in [0.717, 1.165) is 0 Å². The number of nitrogens with one attached hydrogen (secondary N) is 1. The molecule has 0 saturated carbocycles. The van der Waals surface area contributed by atoms with Crippen LogP contribution < -0.4 is 5.32 Å². The van der Waals surface area contributed by atoms with Gasteiger partial charge >= 0.3 is 12.1 Å². The first-order chi connectivity index (χ1) is 10.6. The Morgan fingerprint density at radius 1 is 1.13 bits per heavy atom. The zero-order valence-corrected chi connectivity index (χ0v) is 14.1. The number of Topliss-reactive ketones (excluding diaryl/α,β-unsaturated/α-hetero) is 1. The second kappa shape index (κ2) is 7.76. The van der Waals surface area contributed by atoms with Gasteiger partial charge in [0.1, 0.15) is 5.60 Å². The van der Waals surface area contributed by atoms with Gasteiger partial charge in [-0.25, -0.2) is 4.79 Å². The number of amides is 1. The lowest BCUT2D eigenvalue weighted by Gasteiger charge is -2.19. The van der Waals surface area contributed by atoms with Crippen LogP contribution in [0.1, 0.15) is 44.5 Å². The van der Waals surface area contributed by atoms with E-state index in [1.54, 1.807) is 52.0 Å². The number of hydrogen-bond donors (Lipinski definition) is 1. The third-order valence-corrected chi connectivity index (χ3v) is 2.96. The van der Waals surface area contributed by atoms with Crippen molar-refractivity contribution in [3.63, 3.8) is 0 Å². The SMILES string of the molecule is COC(=O)C[C@H](C)C(=O)c1ccc(NC(=O)OC(C)(C)C)cc1. The standard InChI is InChI=1S/C17H23NO5/c1-11(10-14(19)22-5)15(20)12-6-8-13(9-7-12)18-16(21)23-17(2,3)4/h6-9,11H,10H2,1-5H3,(H,18,21)/t11-/m0/s1. The normalized spacial score (nSPS) is 12.2. The maximum atomic E-state index is 12.2. The molecule has 1 aromatic carbocycles. The van der Waals surface area contributed by atoms with Crippen LogP contribution in [0.4, 0.5) is 10.5 Å². The van der Waals surface area contributed by atoms with Crippen molar-refractivity contribution in [3.05, 3.63) is 29.8 Å². The maximum Gasteiger partial charge on any atom is 0.412 e. The predicted molar refractivity (Wildman–Crippen MR) is 86.4 cm³/mol. The van der Waals surface area contributed by atoms with E-state index in [1.165, 1.54) is 7.11 Å². The van der Waals surface area contributed by atoms with E-state index in [4.69, 9.17) is 4.74 Å². The molecule has 1 amide bonds. The van der Waals surface area contributed by atoms with E-state index in [-0.39, 0.29) is 12.2 Å². The van der Waals surface area contributed by atoms with Crippen LogP contribution in [0.25, 0.3) is 0 Å². The molecule has 0 bridgehead atoms. The molecule has 126 valence electrons. The Kier molecular flexibility index (Phi) is 6.30. The summed E-state index contributed by atoms with van der Waals surface area (Å²) < 4.78 is 9.70. The van der Waals surface area contributed by atoms with Crippen LogP contribution in [0, 0.1) is 5.92 Å². The first-order valence-electron chi connectivity index (χ1n) is 7.33. The van der Waals surface area contributed by atoms with Crippen LogP contribution in [-0.4, -0.2) is 30.6 Å². The van der Waals surface area contributed by atoms with Gasteiger partial charge < -0.3 is 9.47 Å². The lowest BCUT2D eigenvalue weighted by molar-refractivity contribution is -0.141. The minimum atomic E-state index is -0.580. The molecule has 0 aliphatic carbocycles. The maximum absolute atomic E-state index is 12.2. The first-order valence-corrected chi connectivity index (χ1v) is 7.33. The summed E-state index contributed by atoms with van der Waals surface area (Å²) in [4.78, 5) is 35.1. The zero-order valence-electron chi connectivity index (χ0n) is 14.1. The number of methoxy groups -OCH3 is 1. The molecule has 0 spiro atoms. The monoisotopic (exact) mass is 321 g/mol. The van der Waals surface area contributed by atoms with E-state index in [1.807, 2.05) is 0 Å². The topological polar surface area (TPSA) is 81.7 Å². The number of ether oxygens (including phenoxy) is 2. The van der Waals surface area contributed by atoms with E-state index < -0.39 is 23.6 Å². The summed E-state index contributed by atoms with van der Waals surface area (Å²) >= 11 is 0. The summed E-state index contributed by atoms with van der Waals surface area (Å²) in [5.41, 5.74) is 0.413. The molecular weight excluding hydrogens is 298 g/mol. The summed E-state index contributed by atoms with van der Waals surface area (Å²) in [6.07, 6.45) is -0.525. The fraction of sp³-hybridized carbons (Fsp3) is 0.471. The number of carbonyl (C=O) groups excluding carboxylic acids is 3. The molecule has 0 aliphatic heterocycles. The summed E-state index contributed by atoms with van der Waals surface area (Å²) in [5, 5.41) is 2.59. The Balaban J connectivity index is 2.67. The Morgan fingerprint density at radius 2 is 1.70 bits per heavy atom. The quantitative estimate of drug-likeness (QED) is 0.664. The van der Waals surface area contributed by atoms with Gasteiger partial charge in [0, 0.05) is 17.2 Å². The second-order valence-electron chi connectivity index (χ2n) is 6.25. The van der Waals surface area contributed by atoms with Gasteiger partial charge in [-0.2, -0.15) is 0 Å². The van der Waals surface area contributed by atoms with Crippen LogP contribution >= 0.6 is 0 Å². The van der Waals surface area contributed by atoms with Gasteiger partial charge in [0.15, 0.2) is 5.78 Å². The third-order valence-electron chi connectivity index (χ3n) is 2.96. The highest BCUT2D eigenvalue weighted by molar-refractivity contribution is 5.99. The molecule has 0 unspecified atom stereocenters. The highest BCUT2D eigenvalue weighted by atomic mass is 16.6. The second-order valence-corrected chi connectivity index (χ2v) is 6.25. The smallest absolute Gasteiger partial charge is 0.412 e. The Labute approximate surface area is 136 Å². The predicted octanol–water partition coefficient (Wildman–Crippen LogP) is 3.42. The summed E-state index contributed by atoms with van der Waals surface area (Å²) in [6, 6.07) is 6.43. The Bertz CT molecular complexity index is 572. The molecule has 1 rings (SSSR count). The van der Waals surface area contributed by atoms with E-state index in [2.05, 4.69) is 10.1 Å². The average Bonchev–Trinajstić information content (AvgIpc) is 2.45. The molecule has 1 N–H and O–H groups in total. The Morgan fingerprint density at radius 3 is 2.17 bits per heavy atom. The van der Waals surface area contributed by atoms with Gasteiger partial charge in [0.25, 0.3) is 0 Å². The van der Waals surface area contributed by atoms with E-state index >= 15 is 0 Å². The molecule has 0 radical (unpaired) electrons. The number of hydrogen-bond acceptors (Lipinski definition) is 5. The van der Waals surface area contributed by atoms with Crippen molar-refractivity contribution in [3.8, 4) is 0 Å². The number of esters is 1. The highest BCUT2D eigenvalue weighted by Crippen LogP contribution is 2.17. The highest BCUT2D eigenvalue weighted by Gasteiger charge is 2.19. The van der Waals surface area contributed by atoms with Crippen LogP contribution in [0.15, 0.2) is 24.3 Å². The minimum absolute atomic E-state index is 0.0350. The summed E-state index contributed by atoms with van der Waals surface area (Å²) in [5.74, 6) is -1.04. The van der Waals surface area contributed by atoms with E-state index in [9.17, 15) is 14.4 Å².